The molecule has 2 amide bonds. The number of halogens is 2. The smallest absolute Gasteiger partial charge is 0.319 e. The third-order valence-electron chi connectivity index (χ3n) is 6.24. The predicted octanol–water partition coefficient (Wildman–Crippen LogP) is 8.28. The first-order valence-corrected chi connectivity index (χ1v) is 14.5. The molecule has 0 aliphatic carbocycles. The molecule has 0 saturated heterocycles. The Morgan fingerprint density at radius 1 is 0.875 bits per heavy atom. The van der Waals surface area contributed by atoms with Crippen LogP contribution in [0, 0.1) is 6.92 Å². The normalized spacial score (nSPS) is 11.7. The quantitative estimate of drug-likeness (QED) is 0.170. The fourth-order valence-electron chi connectivity index (χ4n) is 4.22. The standard InChI is InChI=1S/C31H27Cl2N5OS/c1-21-12-15-25(16-13-21)38-29(36-37-31(38)40-20-23-10-6-3-7-11-23)28(18-22-8-4-2-5-9-22)35-30(39)34-27-17-14-24(32)19-26(27)33/h2-17,19,28H,18,20H2,1H3,(H2,34,35,39). The number of thioether (sulfide) groups is 1. The van der Waals surface area contributed by atoms with Gasteiger partial charge in [0.25, 0.3) is 0 Å². The number of hydrogen-bond acceptors (Lipinski definition) is 4. The summed E-state index contributed by atoms with van der Waals surface area (Å²) in [4.78, 5) is 13.3. The molecule has 0 saturated carbocycles. The number of hydrogen-bond donors (Lipinski definition) is 2. The summed E-state index contributed by atoms with van der Waals surface area (Å²) in [6.07, 6.45) is 0.510. The van der Waals surface area contributed by atoms with Gasteiger partial charge in [0.2, 0.25) is 0 Å². The first kappa shape index (κ1) is 27.8. The van der Waals surface area contributed by atoms with Crippen LogP contribution in [0.5, 0.6) is 0 Å². The van der Waals surface area contributed by atoms with Crippen molar-refractivity contribution in [3.05, 3.63) is 136 Å². The third-order valence-corrected chi connectivity index (χ3v) is 7.79. The lowest BCUT2D eigenvalue weighted by molar-refractivity contribution is 0.247. The van der Waals surface area contributed by atoms with Crippen LogP contribution >= 0.6 is 35.0 Å². The van der Waals surface area contributed by atoms with E-state index in [9.17, 15) is 4.79 Å². The van der Waals surface area contributed by atoms with Crippen LogP contribution in [0.15, 0.2) is 108 Å². The maximum absolute atomic E-state index is 13.3. The molecule has 0 aliphatic rings. The molecule has 9 heteroatoms. The molecule has 1 heterocycles. The molecule has 5 rings (SSSR count). The minimum Gasteiger partial charge on any atom is -0.327 e. The van der Waals surface area contributed by atoms with E-state index in [1.54, 1.807) is 30.0 Å². The second-order valence-corrected chi connectivity index (χ2v) is 11.0. The first-order chi connectivity index (χ1) is 19.5. The zero-order chi connectivity index (χ0) is 27.9. The van der Waals surface area contributed by atoms with Gasteiger partial charge < -0.3 is 10.6 Å². The number of rotatable bonds is 9. The van der Waals surface area contributed by atoms with Gasteiger partial charge in [-0.25, -0.2) is 4.79 Å². The summed E-state index contributed by atoms with van der Waals surface area (Å²) in [5, 5.41) is 16.7. The van der Waals surface area contributed by atoms with E-state index in [-0.39, 0.29) is 0 Å². The van der Waals surface area contributed by atoms with Crippen molar-refractivity contribution in [1.29, 1.82) is 0 Å². The summed E-state index contributed by atoms with van der Waals surface area (Å²) in [6, 6.07) is 32.4. The van der Waals surface area contributed by atoms with E-state index in [0.717, 1.165) is 27.7 Å². The zero-order valence-corrected chi connectivity index (χ0v) is 24.0. The fourth-order valence-corrected chi connectivity index (χ4v) is 5.59. The average Bonchev–Trinajstić information content (AvgIpc) is 3.38. The molecule has 1 aromatic heterocycles. The van der Waals surface area contributed by atoms with Gasteiger partial charge in [0.05, 0.1) is 16.8 Å². The number of nitrogens with zero attached hydrogens (tertiary/aromatic N) is 3. The van der Waals surface area contributed by atoms with Gasteiger partial charge in [-0.3, -0.25) is 4.57 Å². The first-order valence-electron chi connectivity index (χ1n) is 12.7. The molecule has 0 fully saturated rings. The molecule has 5 aromatic rings. The SMILES string of the molecule is Cc1ccc(-n2c(SCc3ccccc3)nnc2C(Cc2ccccc2)NC(=O)Nc2ccc(Cl)cc2Cl)cc1. The number of urea groups is 1. The van der Waals surface area contributed by atoms with Gasteiger partial charge in [-0.2, -0.15) is 0 Å². The van der Waals surface area contributed by atoms with Crippen LogP contribution in [0.2, 0.25) is 10.0 Å². The van der Waals surface area contributed by atoms with Crippen molar-refractivity contribution >= 4 is 46.7 Å². The molecule has 2 N–H and O–H groups in total. The summed E-state index contributed by atoms with van der Waals surface area (Å²) < 4.78 is 2.02. The Hall–Kier alpha value is -3.78. The van der Waals surface area contributed by atoms with Gasteiger partial charge >= 0.3 is 6.03 Å². The predicted molar refractivity (Wildman–Crippen MR) is 164 cm³/mol. The van der Waals surface area contributed by atoms with E-state index in [2.05, 4.69) is 45.1 Å². The third kappa shape index (κ3) is 7.04. The second kappa shape index (κ2) is 13.0. The number of carbonyl (C=O) groups excluding carboxylic acids is 1. The molecule has 6 nitrogen and oxygen atoms in total. The highest BCUT2D eigenvalue weighted by atomic mass is 35.5. The number of anilines is 1. The van der Waals surface area contributed by atoms with Crippen LogP contribution in [-0.2, 0) is 12.2 Å². The summed E-state index contributed by atoms with van der Waals surface area (Å²) >= 11 is 13.9. The van der Waals surface area contributed by atoms with Gasteiger partial charge in [0.1, 0.15) is 0 Å². The Balaban J connectivity index is 1.50. The zero-order valence-electron chi connectivity index (χ0n) is 21.7. The van der Waals surface area contributed by atoms with Crippen molar-refractivity contribution in [3.63, 3.8) is 0 Å². The van der Waals surface area contributed by atoms with Gasteiger partial charge in [-0.15, -0.1) is 10.2 Å². The van der Waals surface area contributed by atoms with Crippen LogP contribution in [0.4, 0.5) is 10.5 Å². The molecule has 0 radical (unpaired) electrons. The monoisotopic (exact) mass is 587 g/mol. The van der Waals surface area contributed by atoms with Gasteiger partial charge in [-0.1, -0.05) is 113 Å². The molecule has 40 heavy (non-hydrogen) atoms. The lowest BCUT2D eigenvalue weighted by Crippen LogP contribution is -2.35. The van der Waals surface area contributed by atoms with Gasteiger partial charge in [-0.05, 0) is 48.4 Å². The highest BCUT2D eigenvalue weighted by Crippen LogP contribution is 2.30. The molecule has 1 unspecified atom stereocenters. The largest absolute Gasteiger partial charge is 0.327 e. The van der Waals surface area contributed by atoms with E-state index in [0.29, 0.717) is 28.0 Å². The Morgan fingerprint density at radius 3 is 2.23 bits per heavy atom. The molecule has 202 valence electrons. The van der Waals surface area contributed by atoms with Crippen molar-refractivity contribution in [2.45, 2.75) is 30.3 Å². The number of amides is 2. The van der Waals surface area contributed by atoms with E-state index in [4.69, 9.17) is 23.2 Å². The maximum atomic E-state index is 13.3. The van der Waals surface area contributed by atoms with E-state index < -0.39 is 12.1 Å². The molecule has 1 atom stereocenters. The Morgan fingerprint density at radius 2 is 1.55 bits per heavy atom. The summed E-state index contributed by atoms with van der Waals surface area (Å²) in [6.45, 7) is 2.05. The fraction of sp³-hybridized carbons (Fsp3) is 0.129. The molecular formula is C31H27Cl2N5OS. The highest BCUT2D eigenvalue weighted by Gasteiger charge is 2.25. The molecule has 0 bridgehead atoms. The number of carbonyl (C=O) groups is 1. The van der Waals surface area contributed by atoms with Crippen molar-refractivity contribution in [2.24, 2.45) is 0 Å². The van der Waals surface area contributed by atoms with Crippen LogP contribution in [0.1, 0.15) is 28.6 Å². The Labute approximate surface area is 247 Å². The maximum Gasteiger partial charge on any atom is 0.319 e. The average molecular weight is 589 g/mol. The second-order valence-electron chi connectivity index (χ2n) is 9.25. The van der Waals surface area contributed by atoms with Crippen molar-refractivity contribution in [3.8, 4) is 5.69 Å². The van der Waals surface area contributed by atoms with Gasteiger partial charge in [0.15, 0.2) is 11.0 Å². The number of benzene rings is 4. The van der Waals surface area contributed by atoms with Crippen molar-refractivity contribution < 1.29 is 4.79 Å². The highest BCUT2D eigenvalue weighted by molar-refractivity contribution is 7.98. The van der Waals surface area contributed by atoms with E-state index in [1.165, 1.54) is 5.56 Å². The van der Waals surface area contributed by atoms with Crippen molar-refractivity contribution in [1.82, 2.24) is 20.1 Å². The number of aromatic nitrogens is 3. The van der Waals surface area contributed by atoms with Crippen LogP contribution in [0.3, 0.4) is 0 Å². The van der Waals surface area contributed by atoms with Crippen LogP contribution in [0.25, 0.3) is 5.69 Å². The topological polar surface area (TPSA) is 71.8 Å². The summed E-state index contributed by atoms with van der Waals surface area (Å²) in [5.41, 5.74) is 4.76. The van der Waals surface area contributed by atoms with Crippen LogP contribution in [-0.4, -0.2) is 20.8 Å². The van der Waals surface area contributed by atoms with Crippen molar-refractivity contribution in [2.75, 3.05) is 5.32 Å². The Kier molecular flexibility index (Phi) is 9.06. The van der Waals surface area contributed by atoms with E-state index >= 15 is 0 Å². The number of aryl methyl sites for hydroxylation is 1. The lowest BCUT2D eigenvalue weighted by Gasteiger charge is -2.21. The van der Waals surface area contributed by atoms with E-state index in [1.807, 2.05) is 72.2 Å². The minimum atomic E-state index is -0.492. The molecule has 0 aliphatic heterocycles. The Bertz CT molecular complexity index is 1580. The summed E-state index contributed by atoms with van der Waals surface area (Å²) in [7, 11) is 0. The summed E-state index contributed by atoms with van der Waals surface area (Å²) in [5.74, 6) is 1.36. The van der Waals surface area contributed by atoms with Crippen LogP contribution < -0.4 is 10.6 Å². The molecular weight excluding hydrogens is 561 g/mol. The van der Waals surface area contributed by atoms with Gasteiger partial charge in [0, 0.05) is 22.9 Å². The lowest BCUT2D eigenvalue weighted by atomic mass is 10.1. The molecule has 0 spiro atoms. The minimum absolute atomic E-state index is 0.352. The molecule has 4 aromatic carbocycles. The number of nitrogens with one attached hydrogen (secondary N) is 2.